The van der Waals surface area contributed by atoms with E-state index in [0.29, 0.717) is 5.69 Å². The molecule has 2 heteroatoms. The van der Waals surface area contributed by atoms with E-state index in [1.165, 1.54) is 0 Å². The van der Waals surface area contributed by atoms with Crippen LogP contribution in [0.1, 0.15) is 11.1 Å². The number of rotatable bonds is 0. The molecule has 0 saturated heterocycles. The molecule has 72 valence electrons. The Hall–Kier alpha value is -2.27. The van der Waals surface area contributed by atoms with E-state index in [9.17, 15) is 0 Å². The molecule has 0 fully saturated rings. The summed E-state index contributed by atoms with van der Waals surface area (Å²) in [5.74, 6) is 6.05. The minimum Gasteiger partial charge on any atom is -0.397 e. The van der Waals surface area contributed by atoms with E-state index in [1.807, 2.05) is 36.4 Å². The first-order valence-electron chi connectivity index (χ1n) is 4.62. The van der Waals surface area contributed by atoms with Gasteiger partial charge in [0.2, 0.25) is 0 Å². The third-order valence-corrected chi connectivity index (χ3v) is 1.88. The predicted molar refractivity (Wildman–Crippen MR) is 61.1 cm³/mol. The fraction of sp³-hybridized carbons (Fsp3) is 0. The molecule has 0 aliphatic rings. The number of anilines is 1. The summed E-state index contributed by atoms with van der Waals surface area (Å²) < 4.78 is 0. The summed E-state index contributed by atoms with van der Waals surface area (Å²) in [7, 11) is 0. The van der Waals surface area contributed by atoms with Gasteiger partial charge in [-0.1, -0.05) is 30.0 Å². The first-order valence-corrected chi connectivity index (χ1v) is 4.62. The quantitative estimate of drug-likeness (QED) is 0.652. The Balaban J connectivity index is 2.26. The van der Waals surface area contributed by atoms with Crippen molar-refractivity contribution in [3.8, 4) is 11.8 Å². The van der Waals surface area contributed by atoms with E-state index in [4.69, 9.17) is 5.73 Å². The average molecular weight is 194 g/mol. The summed E-state index contributed by atoms with van der Waals surface area (Å²) >= 11 is 0. The molecule has 0 saturated carbocycles. The van der Waals surface area contributed by atoms with Gasteiger partial charge in [-0.25, -0.2) is 0 Å². The molecule has 2 N–H and O–H groups in total. The molecule has 1 aromatic heterocycles. The van der Waals surface area contributed by atoms with Crippen molar-refractivity contribution in [2.75, 3.05) is 5.73 Å². The first kappa shape index (κ1) is 9.29. The van der Waals surface area contributed by atoms with Gasteiger partial charge in [0.15, 0.2) is 0 Å². The largest absolute Gasteiger partial charge is 0.397 e. The lowest BCUT2D eigenvalue weighted by molar-refractivity contribution is 1.32. The second-order valence-corrected chi connectivity index (χ2v) is 3.12. The Morgan fingerprint density at radius 1 is 0.933 bits per heavy atom. The smallest absolute Gasteiger partial charge is 0.0513 e. The molecule has 0 bridgehead atoms. The fourth-order valence-electron chi connectivity index (χ4n) is 1.19. The highest BCUT2D eigenvalue weighted by Crippen LogP contribution is 2.02. The molecule has 0 spiro atoms. The highest BCUT2D eigenvalue weighted by Gasteiger charge is 1.88. The van der Waals surface area contributed by atoms with Crippen LogP contribution in [0.15, 0.2) is 48.8 Å². The maximum atomic E-state index is 5.60. The number of benzene rings is 1. The number of hydrogen-bond donors (Lipinski definition) is 1. The zero-order valence-electron chi connectivity index (χ0n) is 8.14. The van der Waals surface area contributed by atoms with Crippen molar-refractivity contribution in [3.05, 3.63) is 59.9 Å². The van der Waals surface area contributed by atoms with Gasteiger partial charge in [-0.05, 0) is 18.2 Å². The van der Waals surface area contributed by atoms with Crippen molar-refractivity contribution >= 4 is 5.69 Å². The molecular weight excluding hydrogens is 184 g/mol. The molecule has 2 nitrogen and oxygen atoms in total. The van der Waals surface area contributed by atoms with Gasteiger partial charge in [-0.3, -0.25) is 4.98 Å². The highest BCUT2D eigenvalue weighted by atomic mass is 14.7. The number of hydrogen-bond acceptors (Lipinski definition) is 2. The van der Waals surface area contributed by atoms with E-state index in [2.05, 4.69) is 16.8 Å². The van der Waals surface area contributed by atoms with Crippen molar-refractivity contribution < 1.29 is 0 Å². The van der Waals surface area contributed by atoms with Crippen LogP contribution in [-0.4, -0.2) is 4.98 Å². The average Bonchev–Trinajstić information content (AvgIpc) is 2.28. The minimum atomic E-state index is 0.634. The van der Waals surface area contributed by atoms with Crippen LogP contribution in [0.5, 0.6) is 0 Å². The van der Waals surface area contributed by atoms with Gasteiger partial charge < -0.3 is 5.73 Å². The maximum absolute atomic E-state index is 5.60. The van der Waals surface area contributed by atoms with Crippen molar-refractivity contribution in [1.82, 2.24) is 4.98 Å². The molecular formula is C13H10N2. The third-order valence-electron chi connectivity index (χ3n) is 1.88. The van der Waals surface area contributed by atoms with Gasteiger partial charge in [0.1, 0.15) is 0 Å². The van der Waals surface area contributed by atoms with Gasteiger partial charge in [-0.15, -0.1) is 0 Å². The lowest BCUT2D eigenvalue weighted by Gasteiger charge is -1.91. The van der Waals surface area contributed by atoms with Crippen molar-refractivity contribution in [3.63, 3.8) is 0 Å². The van der Waals surface area contributed by atoms with Crippen LogP contribution >= 0.6 is 0 Å². The Bertz CT molecular complexity index is 507. The molecule has 0 aliphatic carbocycles. The lowest BCUT2D eigenvalue weighted by atomic mass is 10.2. The van der Waals surface area contributed by atoms with Crippen LogP contribution in [-0.2, 0) is 0 Å². The molecule has 1 heterocycles. The van der Waals surface area contributed by atoms with Crippen molar-refractivity contribution in [1.29, 1.82) is 0 Å². The summed E-state index contributed by atoms with van der Waals surface area (Å²) in [5, 5.41) is 0. The van der Waals surface area contributed by atoms with Crippen molar-refractivity contribution in [2.24, 2.45) is 0 Å². The fourth-order valence-corrected chi connectivity index (χ4v) is 1.19. The Kier molecular flexibility index (Phi) is 2.66. The van der Waals surface area contributed by atoms with Crippen LogP contribution in [0.25, 0.3) is 0 Å². The van der Waals surface area contributed by atoms with Crippen LogP contribution < -0.4 is 5.73 Å². The number of aromatic nitrogens is 1. The summed E-state index contributed by atoms with van der Waals surface area (Å²) in [6, 6.07) is 11.6. The standard InChI is InChI=1S/C13H10N2/c14-13-8-12(9-15-10-13)7-6-11-4-2-1-3-5-11/h1-5,8-10H,14H2. The van der Waals surface area contributed by atoms with E-state index < -0.39 is 0 Å². The van der Waals surface area contributed by atoms with Gasteiger partial charge in [0.25, 0.3) is 0 Å². The summed E-state index contributed by atoms with van der Waals surface area (Å²) in [5.41, 5.74) is 8.05. The summed E-state index contributed by atoms with van der Waals surface area (Å²) in [6.45, 7) is 0. The normalized spacial score (nSPS) is 9.07. The Labute approximate surface area is 88.8 Å². The molecule has 15 heavy (non-hydrogen) atoms. The molecule has 2 aromatic rings. The summed E-state index contributed by atoms with van der Waals surface area (Å²) in [4.78, 5) is 3.97. The van der Waals surface area contributed by atoms with E-state index in [1.54, 1.807) is 12.4 Å². The predicted octanol–water partition coefficient (Wildman–Crippen LogP) is 2.06. The highest BCUT2D eigenvalue weighted by molar-refractivity contribution is 5.47. The second kappa shape index (κ2) is 4.30. The Morgan fingerprint density at radius 2 is 1.67 bits per heavy atom. The number of pyridine rings is 1. The second-order valence-electron chi connectivity index (χ2n) is 3.12. The molecule has 0 unspecified atom stereocenters. The van der Waals surface area contributed by atoms with Crippen LogP contribution in [0.2, 0.25) is 0 Å². The van der Waals surface area contributed by atoms with Gasteiger partial charge in [0, 0.05) is 23.5 Å². The van der Waals surface area contributed by atoms with Gasteiger partial charge >= 0.3 is 0 Å². The zero-order valence-corrected chi connectivity index (χ0v) is 8.14. The SMILES string of the molecule is Nc1cncc(C#Cc2ccccc2)c1. The van der Waals surface area contributed by atoms with Crippen LogP contribution in [0.4, 0.5) is 5.69 Å². The van der Waals surface area contributed by atoms with E-state index in [-0.39, 0.29) is 0 Å². The molecule has 0 radical (unpaired) electrons. The van der Waals surface area contributed by atoms with Gasteiger partial charge in [0.05, 0.1) is 5.69 Å². The first-order chi connectivity index (χ1) is 7.34. The van der Waals surface area contributed by atoms with Crippen molar-refractivity contribution in [2.45, 2.75) is 0 Å². The van der Waals surface area contributed by atoms with Gasteiger partial charge in [-0.2, -0.15) is 0 Å². The van der Waals surface area contributed by atoms with E-state index >= 15 is 0 Å². The van der Waals surface area contributed by atoms with E-state index in [0.717, 1.165) is 11.1 Å². The Morgan fingerprint density at radius 3 is 2.40 bits per heavy atom. The monoisotopic (exact) mass is 194 g/mol. The number of nitrogens with zero attached hydrogens (tertiary/aromatic N) is 1. The molecule has 1 aromatic carbocycles. The maximum Gasteiger partial charge on any atom is 0.0513 e. The number of nitrogen functional groups attached to an aromatic ring is 1. The molecule has 2 rings (SSSR count). The topological polar surface area (TPSA) is 38.9 Å². The minimum absolute atomic E-state index is 0.634. The molecule has 0 aliphatic heterocycles. The lowest BCUT2D eigenvalue weighted by Crippen LogP contribution is -1.87. The summed E-state index contributed by atoms with van der Waals surface area (Å²) in [6.07, 6.45) is 3.31. The third kappa shape index (κ3) is 2.58. The molecule has 0 amide bonds. The van der Waals surface area contributed by atoms with Crippen LogP contribution in [0, 0.1) is 11.8 Å². The zero-order chi connectivity index (χ0) is 10.5. The number of nitrogens with two attached hydrogens (primary N) is 1. The van der Waals surface area contributed by atoms with Crippen LogP contribution in [0.3, 0.4) is 0 Å². The molecule has 0 atom stereocenters.